The fourth-order valence-corrected chi connectivity index (χ4v) is 3.31. The second kappa shape index (κ2) is 7.76. The molecule has 1 aliphatic rings. The Morgan fingerprint density at radius 2 is 1.74 bits per heavy atom. The lowest BCUT2D eigenvalue weighted by Gasteiger charge is -2.31. The Hall–Kier alpha value is -2.72. The van der Waals surface area contributed by atoms with Gasteiger partial charge in [0.15, 0.2) is 0 Å². The van der Waals surface area contributed by atoms with E-state index in [1.165, 1.54) is 11.1 Å². The van der Waals surface area contributed by atoms with Crippen molar-refractivity contribution in [1.82, 2.24) is 14.5 Å². The second-order valence-corrected chi connectivity index (χ2v) is 8.26. The number of alkyl halides is 6. The van der Waals surface area contributed by atoms with Gasteiger partial charge in [0, 0.05) is 31.4 Å². The van der Waals surface area contributed by atoms with E-state index in [9.17, 15) is 31.1 Å². The average molecular weight is 449 g/mol. The number of hydrogen-bond donors (Lipinski definition) is 0. The number of fused-ring (bicyclic) bond motifs is 1. The van der Waals surface area contributed by atoms with Crippen molar-refractivity contribution < 1.29 is 35.9 Å². The van der Waals surface area contributed by atoms with E-state index in [2.05, 4.69) is 4.98 Å². The highest BCUT2D eigenvalue weighted by Crippen LogP contribution is 2.38. The predicted octanol–water partition coefficient (Wildman–Crippen LogP) is 5.26. The molecule has 31 heavy (non-hydrogen) atoms. The molecular formula is C20H21F6N3O2. The molecule has 5 nitrogen and oxygen atoms in total. The fourth-order valence-electron chi connectivity index (χ4n) is 3.31. The molecule has 0 unspecified atom stereocenters. The van der Waals surface area contributed by atoms with Crippen molar-refractivity contribution in [3.05, 3.63) is 52.6 Å². The van der Waals surface area contributed by atoms with E-state index in [0.29, 0.717) is 17.6 Å². The molecular weight excluding hydrogens is 428 g/mol. The number of hydrogen-bond acceptors (Lipinski definition) is 3. The van der Waals surface area contributed by atoms with E-state index in [-0.39, 0.29) is 37.7 Å². The van der Waals surface area contributed by atoms with Crippen LogP contribution in [0.1, 0.15) is 49.0 Å². The van der Waals surface area contributed by atoms with Gasteiger partial charge in [-0.1, -0.05) is 6.07 Å². The topological polar surface area (TPSA) is 47.4 Å². The number of carbonyl (C=O) groups is 1. The van der Waals surface area contributed by atoms with Gasteiger partial charge in [0.1, 0.15) is 11.4 Å². The van der Waals surface area contributed by atoms with Crippen LogP contribution >= 0.6 is 0 Å². The van der Waals surface area contributed by atoms with Crippen LogP contribution in [0.2, 0.25) is 0 Å². The zero-order chi connectivity index (χ0) is 23.2. The van der Waals surface area contributed by atoms with Gasteiger partial charge in [-0.3, -0.25) is 4.90 Å². The van der Waals surface area contributed by atoms with Gasteiger partial charge in [-0.05, 0) is 38.5 Å². The molecule has 2 heterocycles. The maximum absolute atomic E-state index is 13.4. The SMILES string of the molecule is CC(C)(C)OC(=O)N1CCn2c(Cc3ccc(C(F)(F)F)cc3C(F)(F)F)cnc2C1. The molecule has 0 atom stereocenters. The largest absolute Gasteiger partial charge is 0.444 e. The van der Waals surface area contributed by atoms with Crippen LogP contribution in [-0.4, -0.2) is 32.7 Å². The van der Waals surface area contributed by atoms with Gasteiger partial charge in [0.25, 0.3) is 0 Å². The minimum Gasteiger partial charge on any atom is -0.444 e. The molecule has 0 fully saturated rings. The molecule has 11 heteroatoms. The summed E-state index contributed by atoms with van der Waals surface area (Å²) in [6.07, 6.45) is -9.20. The van der Waals surface area contributed by atoms with E-state index in [1.807, 2.05) is 0 Å². The zero-order valence-electron chi connectivity index (χ0n) is 17.1. The minimum atomic E-state index is -4.94. The molecule has 0 saturated carbocycles. The molecule has 1 aliphatic heterocycles. The molecule has 1 amide bonds. The number of carbonyl (C=O) groups excluding carboxylic acids is 1. The fraction of sp³-hybridized carbons (Fsp3) is 0.500. The van der Waals surface area contributed by atoms with Gasteiger partial charge in [-0.2, -0.15) is 26.3 Å². The summed E-state index contributed by atoms with van der Waals surface area (Å²) in [7, 11) is 0. The van der Waals surface area contributed by atoms with Crippen molar-refractivity contribution in [2.45, 2.75) is 58.2 Å². The summed E-state index contributed by atoms with van der Waals surface area (Å²) in [6.45, 7) is 5.87. The third kappa shape index (κ3) is 5.31. The molecule has 2 aromatic rings. The minimum absolute atomic E-state index is 0.119. The summed E-state index contributed by atoms with van der Waals surface area (Å²) < 4.78 is 85.8. The van der Waals surface area contributed by atoms with Crippen molar-refractivity contribution in [2.24, 2.45) is 0 Å². The summed E-state index contributed by atoms with van der Waals surface area (Å²) in [6, 6.07) is 1.62. The number of rotatable bonds is 2. The van der Waals surface area contributed by atoms with Crippen molar-refractivity contribution in [1.29, 1.82) is 0 Å². The van der Waals surface area contributed by atoms with Crippen LogP contribution in [0.25, 0.3) is 0 Å². The number of halogens is 6. The van der Waals surface area contributed by atoms with Gasteiger partial charge in [-0.15, -0.1) is 0 Å². The van der Waals surface area contributed by atoms with E-state index < -0.39 is 35.2 Å². The highest BCUT2D eigenvalue weighted by atomic mass is 19.4. The molecule has 170 valence electrons. The number of ether oxygens (including phenoxy) is 1. The van der Waals surface area contributed by atoms with Crippen molar-refractivity contribution in [3.8, 4) is 0 Å². The van der Waals surface area contributed by atoms with Gasteiger partial charge in [-0.25, -0.2) is 9.78 Å². The predicted molar refractivity (Wildman–Crippen MR) is 98.1 cm³/mol. The number of aromatic nitrogens is 2. The van der Waals surface area contributed by atoms with Crippen LogP contribution in [0.4, 0.5) is 31.1 Å². The lowest BCUT2D eigenvalue weighted by atomic mass is 9.99. The third-order valence-electron chi connectivity index (χ3n) is 4.71. The molecule has 3 rings (SSSR count). The summed E-state index contributed by atoms with van der Waals surface area (Å²) in [5.74, 6) is 0.465. The van der Waals surface area contributed by atoms with Gasteiger partial charge in [0.05, 0.1) is 17.7 Å². The molecule has 0 radical (unpaired) electrons. The Labute approximate surface area is 174 Å². The number of benzene rings is 1. The molecule has 0 bridgehead atoms. The van der Waals surface area contributed by atoms with Gasteiger partial charge < -0.3 is 9.30 Å². The first-order valence-electron chi connectivity index (χ1n) is 9.43. The van der Waals surface area contributed by atoms with E-state index in [0.717, 1.165) is 6.07 Å². The maximum Gasteiger partial charge on any atom is 0.416 e. The van der Waals surface area contributed by atoms with Crippen LogP contribution < -0.4 is 0 Å². The van der Waals surface area contributed by atoms with Gasteiger partial charge in [0.2, 0.25) is 0 Å². The Morgan fingerprint density at radius 1 is 1.06 bits per heavy atom. The van der Waals surface area contributed by atoms with E-state index >= 15 is 0 Å². The van der Waals surface area contributed by atoms with Crippen molar-refractivity contribution >= 4 is 6.09 Å². The Kier molecular flexibility index (Phi) is 5.74. The molecule has 0 spiro atoms. The molecule has 0 saturated heterocycles. The van der Waals surface area contributed by atoms with Crippen LogP contribution in [0, 0.1) is 0 Å². The number of imidazole rings is 1. The highest BCUT2D eigenvalue weighted by molar-refractivity contribution is 5.68. The third-order valence-corrected chi connectivity index (χ3v) is 4.71. The van der Waals surface area contributed by atoms with E-state index in [1.54, 1.807) is 25.3 Å². The smallest absolute Gasteiger partial charge is 0.416 e. The van der Waals surface area contributed by atoms with Crippen molar-refractivity contribution in [3.63, 3.8) is 0 Å². The molecule has 0 N–H and O–H groups in total. The first-order chi connectivity index (χ1) is 14.1. The highest BCUT2D eigenvalue weighted by Gasteiger charge is 2.38. The first kappa shape index (κ1) is 23.0. The zero-order valence-corrected chi connectivity index (χ0v) is 17.1. The van der Waals surface area contributed by atoms with Crippen LogP contribution in [0.5, 0.6) is 0 Å². The normalized spacial score (nSPS) is 15.1. The summed E-state index contributed by atoms with van der Waals surface area (Å²) in [5.41, 5.74) is -3.22. The summed E-state index contributed by atoms with van der Waals surface area (Å²) in [5, 5.41) is 0. The number of amides is 1. The Balaban J connectivity index is 1.84. The molecule has 1 aromatic carbocycles. The Morgan fingerprint density at radius 3 is 2.32 bits per heavy atom. The second-order valence-electron chi connectivity index (χ2n) is 8.26. The molecule has 1 aromatic heterocycles. The lowest BCUT2D eigenvalue weighted by molar-refractivity contribution is -0.143. The van der Waals surface area contributed by atoms with Gasteiger partial charge >= 0.3 is 18.4 Å². The quantitative estimate of drug-likeness (QED) is 0.588. The van der Waals surface area contributed by atoms with Crippen LogP contribution in [-0.2, 0) is 36.6 Å². The van der Waals surface area contributed by atoms with E-state index in [4.69, 9.17) is 4.74 Å². The average Bonchev–Trinajstić information content (AvgIpc) is 3.01. The number of nitrogens with zero attached hydrogens (tertiary/aromatic N) is 3. The first-order valence-corrected chi connectivity index (χ1v) is 9.43. The lowest BCUT2D eigenvalue weighted by Crippen LogP contribution is -2.41. The molecule has 0 aliphatic carbocycles. The summed E-state index contributed by atoms with van der Waals surface area (Å²) in [4.78, 5) is 17.9. The van der Waals surface area contributed by atoms with Crippen LogP contribution in [0.3, 0.4) is 0 Å². The standard InChI is InChI=1S/C20H21F6N3O2/c1-18(2,3)31-17(30)28-6-7-29-14(10-27-16(29)11-28)8-12-4-5-13(19(21,22)23)9-15(12)20(24,25)26/h4-5,9-10H,6-8,11H2,1-3H3. The Bertz CT molecular complexity index is 973. The monoisotopic (exact) mass is 449 g/mol. The summed E-state index contributed by atoms with van der Waals surface area (Å²) >= 11 is 0. The van der Waals surface area contributed by atoms with Crippen molar-refractivity contribution in [2.75, 3.05) is 6.54 Å². The van der Waals surface area contributed by atoms with Crippen LogP contribution in [0.15, 0.2) is 24.4 Å². The maximum atomic E-state index is 13.4.